The number of benzene rings is 2. The Hall–Kier alpha value is -2.60. The van der Waals surface area contributed by atoms with Gasteiger partial charge in [0.2, 0.25) is 0 Å². The normalized spacial score (nSPS) is 14.3. The van der Waals surface area contributed by atoms with Gasteiger partial charge in [0.15, 0.2) is 0 Å². The summed E-state index contributed by atoms with van der Waals surface area (Å²) in [7, 11) is -3.90. The van der Waals surface area contributed by atoms with Gasteiger partial charge in [-0.05, 0) is 22.5 Å². The summed E-state index contributed by atoms with van der Waals surface area (Å²) in [5.41, 5.74) is -18.7. The van der Waals surface area contributed by atoms with Gasteiger partial charge >= 0.3 is 37.1 Å². The summed E-state index contributed by atoms with van der Waals surface area (Å²) < 4.78 is 239. The molecule has 0 nitrogen and oxygen atoms in total. The van der Waals surface area contributed by atoms with Gasteiger partial charge in [0.1, 0.15) is 0 Å². The maximum absolute atomic E-state index is 13.5. The largest absolute Gasteiger partial charge is 0.417 e. The second kappa shape index (κ2) is 9.00. The minimum absolute atomic E-state index is 0.293. The van der Waals surface area contributed by atoms with Crippen LogP contribution in [-0.4, -0.2) is 9.52 Å². The molecular formula is C18H6F18Si. The lowest BCUT2D eigenvalue weighted by molar-refractivity contribution is -0.174. The fourth-order valence-corrected chi connectivity index (χ4v) is 5.49. The van der Waals surface area contributed by atoms with Crippen LogP contribution in [0.15, 0.2) is 24.3 Å². The van der Waals surface area contributed by atoms with Gasteiger partial charge in [-0.2, -0.15) is 79.0 Å². The molecule has 37 heavy (non-hydrogen) atoms. The molecule has 2 aromatic carbocycles. The van der Waals surface area contributed by atoms with Crippen LogP contribution in [0, 0.1) is 0 Å². The molecule has 0 radical (unpaired) electrons. The van der Waals surface area contributed by atoms with Crippen molar-refractivity contribution in [2.24, 2.45) is 0 Å². The molecule has 0 N–H and O–H groups in total. The summed E-state index contributed by atoms with van der Waals surface area (Å²) in [6.07, 6.45) is -37.5. The number of hydrogen-bond donors (Lipinski definition) is 0. The Kier molecular flexibility index (Phi) is 7.45. The zero-order valence-corrected chi connectivity index (χ0v) is 18.2. The van der Waals surface area contributed by atoms with Gasteiger partial charge in [0, 0.05) is 0 Å². The monoisotopic (exact) mass is 592 g/mol. The van der Waals surface area contributed by atoms with Gasteiger partial charge in [-0.25, -0.2) is 0 Å². The molecule has 0 aliphatic carbocycles. The highest BCUT2D eigenvalue weighted by molar-refractivity contribution is 6.68. The maximum Gasteiger partial charge on any atom is 0.417 e. The van der Waals surface area contributed by atoms with E-state index in [-0.39, 0.29) is 12.1 Å². The zero-order valence-electron chi connectivity index (χ0n) is 16.8. The fraction of sp³-hybridized carbons (Fsp3) is 0.333. The summed E-state index contributed by atoms with van der Waals surface area (Å²) in [6, 6.07) is -1.69. The van der Waals surface area contributed by atoms with E-state index in [9.17, 15) is 79.0 Å². The van der Waals surface area contributed by atoms with Crippen molar-refractivity contribution >= 4 is 19.9 Å². The van der Waals surface area contributed by atoms with E-state index in [1.807, 2.05) is 0 Å². The van der Waals surface area contributed by atoms with Crippen molar-refractivity contribution in [1.29, 1.82) is 0 Å². The molecule has 0 heterocycles. The van der Waals surface area contributed by atoms with Crippen molar-refractivity contribution in [2.75, 3.05) is 0 Å². The quantitative estimate of drug-likeness (QED) is 0.263. The van der Waals surface area contributed by atoms with Gasteiger partial charge in [-0.1, -0.05) is 12.1 Å². The molecule has 208 valence electrons. The summed E-state index contributed by atoms with van der Waals surface area (Å²) in [4.78, 5) is 0. The third-order valence-corrected chi connectivity index (χ3v) is 6.65. The number of halogens is 18. The highest BCUT2D eigenvalue weighted by Gasteiger charge is 2.53. The zero-order chi connectivity index (χ0) is 29.2. The third-order valence-electron chi connectivity index (χ3n) is 4.71. The lowest BCUT2D eigenvalue weighted by Crippen LogP contribution is -2.41. The minimum atomic E-state index is -6.40. The van der Waals surface area contributed by atoms with E-state index < -0.39 is 102 Å². The molecule has 19 heteroatoms. The highest BCUT2D eigenvalue weighted by atomic mass is 28.2. The predicted molar refractivity (Wildman–Crippen MR) is 90.7 cm³/mol. The molecule has 0 unspecified atom stereocenters. The molecular weight excluding hydrogens is 586 g/mol. The first-order chi connectivity index (χ1) is 16.2. The average Bonchev–Trinajstić information content (AvgIpc) is 2.62. The molecule has 0 saturated heterocycles. The van der Waals surface area contributed by atoms with Crippen LogP contribution in [0.25, 0.3) is 0 Å². The average molecular weight is 592 g/mol. The Labute approximate surface area is 194 Å². The Balaban J connectivity index is 3.05. The standard InChI is InChI=1S/C18H6F18Si/c19-13(20,21)5-1-3-7(11(17(31,32)33)9(5)15(25,26)27)37-8-4-2-6(14(22,23)24)10(16(28,29)30)12(8)18(34,35)36/h1-4H,37H2. The Morgan fingerprint density at radius 3 is 0.757 bits per heavy atom. The molecule has 0 aliphatic rings. The van der Waals surface area contributed by atoms with Crippen LogP contribution in [-0.2, 0) is 37.1 Å². The number of alkyl halides is 18. The smallest absolute Gasteiger partial charge is 0.166 e. The summed E-state index contributed by atoms with van der Waals surface area (Å²) >= 11 is 0. The van der Waals surface area contributed by atoms with E-state index >= 15 is 0 Å². The van der Waals surface area contributed by atoms with Gasteiger partial charge in [-0.15, -0.1) is 0 Å². The predicted octanol–water partition coefficient (Wildman–Crippen LogP) is 6.92. The van der Waals surface area contributed by atoms with Crippen molar-refractivity contribution in [3.8, 4) is 0 Å². The third kappa shape index (κ3) is 6.46. The molecule has 0 aliphatic heterocycles. The lowest BCUT2D eigenvalue weighted by Gasteiger charge is -2.25. The topological polar surface area (TPSA) is 0 Å². The molecule has 0 saturated carbocycles. The molecule has 0 fully saturated rings. The van der Waals surface area contributed by atoms with Crippen LogP contribution >= 0.6 is 0 Å². The first-order valence-electron chi connectivity index (χ1n) is 8.93. The Morgan fingerprint density at radius 2 is 0.568 bits per heavy atom. The first-order valence-corrected chi connectivity index (χ1v) is 10.3. The van der Waals surface area contributed by atoms with Crippen LogP contribution in [0.1, 0.15) is 33.4 Å². The van der Waals surface area contributed by atoms with Crippen molar-refractivity contribution < 1.29 is 79.0 Å². The summed E-state index contributed by atoms with van der Waals surface area (Å²) in [5.74, 6) is 0. The van der Waals surface area contributed by atoms with Crippen LogP contribution in [0.5, 0.6) is 0 Å². The molecule has 0 spiro atoms. The molecule has 2 aromatic rings. The lowest BCUT2D eigenvalue weighted by atomic mass is 9.99. The van der Waals surface area contributed by atoms with E-state index in [1.165, 1.54) is 0 Å². The van der Waals surface area contributed by atoms with Gasteiger partial charge in [-0.3, -0.25) is 0 Å². The number of rotatable bonds is 2. The van der Waals surface area contributed by atoms with E-state index in [0.29, 0.717) is 0 Å². The highest BCUT2D eigenvalue weighted by Crippen LogP contribution is 2.47. The van der Waals surface area contributed by atoms with Gasteiger partial charge in [0.05, 0.1) is 42.9 Å². The van der Waals surface area contributed by atoms with Crippen molar-refractivity contribution in [3.05, 3.63) is 57.6 Å². The Bertz CT molecular complexity index is 1060. The molecule has 2 rings (SSSR count). The second-order valence-corrected chi connectivity index (χ2v) is 9.08. The fourth-order valence-electron chi connectivity index (χ4n) is 3.50. The van der Waals surface area contributed by atoms with Crippen molar-refractivity contribution in [1.82, 2.24) is 0 Å². The minimum Gasteiger partial charge on any atom is -0.166 e. The van der Waals surface area contributed by atoms with E-state index in [0.717, 1.165) is 0 Å². The summed E-state index contributed by atoms with van der Waals surface area (Å²) in [6.45, 7) is 0. The maximum atomic E-state index is 13.5. The number of hydrogen-bond acceptors (Lipinski definition) is 0. The van der Waals surface area contributed by atoms with E-state index in [2.05, 4.69) is 0 Å². The molecule has 0 aromatic heterocycles. The Morgan fingerprint density at radius 1 is 0.324 bits per heavy atom. The van der Waals surface area contributed by atoms with Crippen molar-refractivity contribution in [2.45, 2.75) is 37.1 Å². The van der Waals surface area contributed by atoms with Crippen LogP contribution in [0.2, 0.25) is 0 Å². The molecule has 0 bridgehead atoms. The van der Waals surface area contributed by atoms with Gasteiger partial charge in [0.25, 0.3) is 0 Å². The van der Waals surface area contributed by atoms with E-state index in [4.69, 9.17) is 0 Å². The SMILES string of the molecule is FC(F)(F)c1ccc([SiH2]c2ccc(C(F)(F)F)c(C(F)(F)F)c2C(F)(F)F)c(C(F)(F)F)c1C(F)(F)F. The van der Waals surface area contributed by atoms with E-state index in [1.54, 1.807) is 0 Å². The molecule has 0 amide bonds. The van der Waals surface area contributed by atoms with Crippen molar-refractivity contribution in [3.63, 3.8) is 0 Å². The first kappa shape index (κ1) is 30.6. The van der Waals surface area contributed by atoms with Gasteiger partial charge < -0.3 is 0 Å². The van der Waals surface area contributed by atoms with Crippen LogP contribution < -0.4 is 10.4 Å². The summed E-state index contributed by atoms with van der Waals surface area (Å²) in [5, 5.41) is -3.74. The van der Waals surface area contributed by atoms with Crippen LogP contribution in [0.4, 0.5) is 79.0 Å². The molecule has 0 atom stereocenters. The van der Waals surface area contributed by atoms with Crippen LogP contribution in [0.3, 0.4) is 0 Å². The second-order valence-electron chi connectivity index (χ2n) is 7.21.